The average Bonchev–Trinajstić information content (AvgIpc) is 2.15. The smallest absolute Gasteiger partial charge is 0.0201 e. The van der Waals surface area contributed by atoms with Gasteiger partial charge >= 0.3 is 0 Å². The molecule has 1 rings (SSSR count). The van der Waals surface area contributed by atoms with Crippen molar-refractivity contribution < 1.29 is 0 Å². The first kappa shape index (κ1) is 9.79. The molecule has 0 aromatic heterocycles. The zero-order chi connectivity index (χ0) is 9.68. The molecule has 1 aromatic carbocycles. The first-order chi connectivity index (χ1) is 6.25. The van der Waals surface area contributed by atoms with Crippen molar-refractivity contribution in [1.82, 2.24) is 0 Å². The van der Waals surface area contributed by atoms with Crippen LogP contribution in [0.3, 0.4) is 0 Å². The predicted molar refractivity (Wildman–Crippen MR) is 59.6 cm³/mol. The van der Waals surface area contributed by atoms with Crippen molar-refractivity contribution in [2.75, 3.05) is 0 Å². The Hall–Kier alpha value is -1.30. The molecule has 0 amide bonds. The van der Waals surface area contributed by atoms with Crippen LogP contribution in [0.2, 0.25) is 0 Å². The molecular weight excluding hydrogens is 156 g/mol. The van der Waals surface area contributed by atoms with Gasteiger partial charge in [-0.2, -0.15) is 0 Å². The SMILES string of the molecule is C=CCCC(=C)c1ccccc1C. The molecule has 0 N–H and O–H groups in total. The van der Waals surface area contributed by atoms with Gasteiger partial charge in [-0.25, -0.2) is 0 Å². The van der Waals surface area contributed by atoms with Gasteiger partial charge in [0.15, 0.2) is 0 Å². The molecule has 0 atom stereocenters. The van der Waals surface area contributed by atoms with Gasteiger partial charge in [0, 0.05) is 0 Å². The molecule has 0 spiro atoms. The van der Waals surface area contributed by atoms with E-state index in [2.05, 4.69) is 44.3 Å². The molecule has 68 valence electrons. The molecule has 0 bridgehead atoms. The van der Waals surface area contributed by atoms with Crippen molar-refractivity contribution in [1.29, 1.82) is 0 Å². The van der Waals surface area contributed by atoms with E-state index >= 15 is 0 Å². The van der Waals surface area contributed by atoms with Gasteiger partial charge in [-0.1, -0.05) is 36.9 Å². The minimum absolute atomic E-state index is 1.01. The van der Waals surface area contributed by atoms with E-state index in [4.69, 9.17) is 0 Å². The molecule has 0 heterocycles. The summed E-state index contributed by atoms with van der Waals surface area (Å²) in [6.07, 6.45) is 3.95. The molecule has 0 unspecified atom stereocenters. The number of allylic oxidation sites excluding steroid dienone is 2. The van der Waals surface area contributed by atoms with Gasteiger partial charge in [0.2, 0.25) is 0 Å². The van der Waals surface area contributed by atoms with Crippen molar-refractivity contribution in [3.8, 4) is 0 Å². The fraction of sp³-hybridized carbons (Fsp3) is 0.231. The van der Waals surface area contributed by atoms with Crippen molar-refractivity contribution >= 4 is 5.57 Å². The van der Waals surface area contributed by atoms with Crippen molar-refractivity contribution in [3.05, 3.63) is 54.6 Å². The number of hydrogen-bond acceptors (Lipinski definition) is 0. The van der Waals surface area contributed by atoms with Gasteiger partial charge < -0.3 is 0 Å². The summed E-state index contributed by atoms with van der Waals surface area (Å²) in [6, 6.07) is 8.36. The van der Waals surface area contributed by atoms with E-state index in [9.17, 15) is 0 Å². The molecule has 13 heavy (non-hydrogen) atoms. The number of rotatable bonds is 4. The molecule has 0 saturated heterocycles. The molecule has 1 aromatic rings. The second-order valence-corrected chi connectivity index (χ2v) is 3.25. The summed E-state index contributed by atoms with van der Waals surface area (Å²) < 4.78 is 0. The normalized spacial score (nSPS) is 9.62. The molecule has 0 aliphatic heterocycles. The number of benzene rings is 1. The lowest BCUT2D eigenvalue weighted by molar-refractivity contribution is 1.07. The highest BCUT2D eigenvalue weighted by atomic mass is 14.0. The Morgan fingerprint density at radius 2 is 2.08 bits per heavy atom. The second kappa shape index (κ2) is 4.66. The minimum Gasteiger partial charge on any atom is -0.103 e. The molecular formula is C13H16. The lowest BCUT2D eigenvalue weighted by Crippen LogP contribution is -1.86. The standard InChI is InChI=1S/C13H16/c1-4-5-8-11(2)13-10-7-6-9-12(13)3/h4,6-7,9-10H,1-2,5,8H2,3H3. The zero-order valence-electron chi connectivity index (χ0n) is 8.22. The second-order valence-electron chi connectivity index (χ2n) is 3.25. The largest absolute Gasteiger partial charge is 0.103 e. The average molecular weight is 172 g/mol. The van der Waals surface area contributed by atoms with Crippen LogP contribution in [0.25, 0.3) is 5.57 Å². The third-order valence-electron chi connectivity index (χ3n) is 2.18. The first-order valence-electron chi connectivity index (χ1n) is 4.60. The molecule has 0 heteroatoms. The first-order valence-corrected chi connectivity index (χ1v) is 4.60. The van der Waals surface area contributed by atoms with Crippen LogP contribution in [0.4, 0.5) is 0 Å². The molecule has 0 aliphatic carbocycles. The maximum atomic E-state index is 4.08. The summed E-state index contributed by atoms with van der Waals surface area (Å²) in [5.74, 6) is 0. The molecule has 0 aliphatic rings. The van der Waals surface area contributed by atoms with Crippen LogP contribution in [0.15, 0.2) is 43.5 Å². The highest BCUT2D eigenvalue weighted by Gasteiger charge is 1.99. The quantitative estimate of drug-likeness (QED) is 0.603. The Morgan fingerprint density at radius 3 is 2.69 bits per heavy atom. The molecule has 0 saturated carbocycles. The predicted octanol–water partition coefficient (Wildman–Crippen LogP) is 3.97. The van der Waals surface area contributed by atoms with Crippen molar-refractivity contribution in [2.24, 2.45) is 0 Å². The van der Waals surface area contributed by atoms with Crippen LogP contribution in [0, 0.1) is 6.92 Å². The maximum absolute atomic E-state index is 4.08. The summed E-state index contributed by atoms with van der Waals surface area (Å²) in [5.41, 5.74) is 3.79. The van der Waals surface area contributed by atoms with E-state index < -0.39 is 0 Å². The van der Waals surface area contributed by atoms with Crippen LogP contribution in [-0.4, -0.2) is 0 Å². The Bertz CT molecular complexity index is 308. The van der Waals surface area contributed by atoms with E-state index in [-0.39, 0.29) is 0 Å². The van der Waals surface area contributed by atoms with Crippen LogP contribution >= 0.6 is 0 Å². The van der Waals surface area contributed by atoms with Gasteiger partial charge in [-0.05, 0) is 36.5 Å². The van der Waals surface area contributed by atoms with E-state index in [1.165, 1.54) is 16.7 Å². The van der Waals surface area contributed by atoms with Gasteiger partial charge in [-0.3, -0.25) is 0 Å². The van der Waals surface area contributed by atoms with Crippen LogP contribution < -0.4 is 0 Å². The third kappa shape index (κ3) is 2.59. The van der Waals surface area contributed by atoms with Gasteiger partial charge in [0.1, 0.15) is 0 Å². The highest BCUT2D eigenvalue weighted by Crippen LogP contribution is 2.20. The Balaban J connectivity index is 2.76. The fourth-order valence-electron chi connectivity index (χ4n) is 1.38. The van der Waals surface area contributed by atoms with Crippen LogP contribution in [0.5, 0.6) is 0 Å². The number of aryl methyl sites for hydroxylation is 1. The molecule has 0 nitrogen and oxygen atoms in total. The number of hydrogen-bond donors (Lipinski definition) is 0. The van der Waals surface area contributed by atoms with Crippen LogP contribution in [-0.2, 0) is 0 Å². The van der Waals surface area contributed by atoms with Crippen LogP contribution in [0.1, 0.15) is 24.0 Å². The van der Waals surface area contributed by atoms with Crippen molar-refractivity contribution in [3.63, 3.8) is 0 Å². The summed E-state index contributed by atoms with van der Waals surface area (Å²) in [5, 5.41) is 0. The van der Waals surface area contributed by atoms with Gasteiger partial charge in [-0.15, -0.1) is 6.58 Å². The van der Waals surface area contributed by atoms with E-state index in [1.807, 2.05) is 6.08 Å². The lowest BCUT2D eigenvalue weighted by Gasteiger charge is -2.07. The Morgan fingerprint density at radius 1 is 1.38 bits per heavy atom. The fourth-order valence-corrected chi connectivity index (χ4v) is 1.38. The summed E-state index contributed by atoms with van der Waals surface area (Å²) in [6.45, 7) is 9.90. The Labute approximate surface area is 80.6 Å². The highest BCUT2D eigenvalue weighted by molar-refractivity contribution is 5.66. The Kier molecular flexibility index (Phi) is 3.51. The topological polar surface area (TPSA) is 0 Å². The monoisotopic (exact) mass is 172 g/mol. The summed E-state index contributed by atoms with van der Waals surface area (Å²) in [7, 11) is 0. The van der Waals surface area contributed by atoms with E-state index in [0.29, 0.717) is 0 Å². The minimum atomic E-state index is 1.01. The zero-order valence-corrected chi connectivity index (χ0v) is 8.22. The van der Waals surface area contributed by atoms with Gasteiger partial charge in [0.05, 0.1) is 0 Å². The molecule has 0 radical (unpaired) electrons. The third-order valence-corrected chi connectivity index (χ3v) is 2.18. The van der Waals surface area contributed by atoms with E-state index in [1.54, 1.807) is 0 Å². The van der Waals surface area contributed by atoms with Crippen molar-refractivity contribution in [2.45, 2.75) is 19.8 Å². The maximum Gasteiger partial charge on any atom is -0.0201 e. The summed E-state index contributed by atoms with van der Waals surface area (Å²) >= 11 is 0. The van der Waals surface area contributed by atoms with E-state index in [0.717, 1.165) is 12.8 Å². The van der Waals surface area contributed by atoms with Gasteiger partial charge in [0.25, 0.3) is 0 Å². The summed E-state index contributed by atoms with van der Waals surface area (Å²) in [4.78, 5) is 0. The molecule has 0 fully saturated rings. The lowest BCUT2D eigenvalue weighted by atomic mass is 9.98.